The van der Waals surface area contributed by atoms with Crippen LogP contribution in [-0.2, 0) is 6.42 Å². The van der Waals surface area contributed by atoms with Crippen LogP contribution in [0.5, 0.6) is 5.75 Å². The predicted molar refractivity (Wildman–Crippen MR) is 82.1 cm³/mol. The predicted octanol–water partition coefficient (Wildman–Crippen LogP) is 3.29. The molecule has 0 fully saturated rings. The molecule has 0 radical (unpaired) electrons. The molecule has 1 aromatic heterocycles. The quantitative estimate of drug-likeness (QED) is 0.874. The molecular formula is C17H22N2O. The maximum Gasteiger partial charge on any atom is 0.123 e. The molecule has 1 N–H and O–H groups in total. The smallest absolute Gasteiger partial charge is 0.123 e. The number of rotatable bonds is 6. The third-order valence-electron chi connectivity index (χ3n) is 3.44. The molecule has 1 unspecified atom stereocenters. The minimum Gasteiger partial charge on any atom is -0.496 e. The van der Waals surface area contributed by atoms with Crippen molar-refractivity contribution in [3.8, 4) is 5.75 Å². The molecule has 20 heavy (non-hydrogen) atoms. The third-order valence-corrected chi connectivity index (χ3v) is 3.44. The van der Waals surface area contributed by atoms with E-state index in [1.807, 2.05) is 18.3 Å². The number of aryl methyl sites for hydroxylation is 1. The minimum absolute atomic E-state index is 0.265. The van der Waals surface area contributed by atoms with E-state index >= 15 is 0 Å². The summed E-state index contributed by atoms with van der Waals surface area (Å²) in [5, 5.41) is 3.54. The van der Waals surface area contributed by atoms with Gasteiger partial charge in [0.1, 0.15) is 5.75 Å². The number of hydrogen-bond donors (Lipinski definition) is 1. The molecule has 0 bridgehead atoms. The van der Waals surface area contributed by atoms with E-state index in [1.165, 1.54) is 16.7 Å². The van der Waals surface area contributed by atoms with Crippen molar-refractivity contribution in [3.63, 3.8) is 0 Å². The summed E-state index contributed by atoms with van der Waals surface area (Å²) in [7, 11) is 1.72. The van der Waals surface area contributed by atoms with Gasteiger partial charge >= 0.3 is 0 Å². The van der Waals surface area contributed by atoms with Crippen LogP contribution in [0, 0.1) is 6.92 Å². The first-order valence-corrected chi connectivity index (χ1v) is 6.97. The standard InChI is InChI=1S/C17H22N2O/c1-13-6-7-17(20-3)16(11-13)14(2)19-10-8-15-5-4-9-18-12-15/h4-7,9,11-12,14,19H,8,10H2,1-3H3. The highest BCUT2D eigenvalue weighted by Gasteiger charge is 2.10. The number of nitrogens with zero attached hydrogens (tertiary/aromatic N) is 1. The van der Waals surface area contributed by atoms with E-state index < -0.39 is 0 Å². The van der Waals surface area contributed by atoms with Gasteiger partial charge in [0.15, 0.2) is 0 Å². The number of ether oxygens (including phenoxy) is 1. The number of nitrogens with one attached hydrogen (secondary N) is 1. The van der Waals surface area contributed by atoms with Crippen LogP contribution in [-0.4, -0.2) is 18.6 Å². The lowest BCUT2D eigenvalue weighted by molar-refractivity contribution is 0.401. The van der Waals surface area contributed by atoms with Crippen LogP contribution in [0.2, 0.25) is 0 Å². The van der Waals surface area contributed by atoms with Gasteiger partial charge in [0.25, 0.3) is 0 Å². The molecule has 0 aliphatic rings. The van der Waals surface area contributed by atoms with Gasteiger partial charge in [0, 0.05) is 24.0 Å². The van der Waals surface area contributed by atoms with Crippen molar-refractivity contribution in [2.75, 3.05) is 13.7 Å². The van der Waals surface area contributed by atoms with Crippen LogP contribution in [0.3, 0.4) is 0 Å². The largest absolute Gasteiger partial charge is 0.496 e. The number of methoxy groups -OCH3 is 1. The molecule has 2 rings (SSSR count). The molecule has 1 aromatic carbocycles. The zero-order valence-corrected chi connectivity index (χ0v) is 12.4. The molecule has 3 nitrogen and oxygen atoms in total. The third kappa shape index (κ3) is 3.81. The Bertz CT molecular complexity index is 540. The van der Waals surface area contributed by atoms with Crippen LogP contribution in [0.25, 0.3) is 0 Å². The molecule has 0 aliphatic heterocycles. The maximum absolute atomic E-state index is 5.44. The summed E-state index contributed by atoms with van der Waals surface area (Å²) >= 11 is 0. The van der Waals surface area contributed by atoms with Crippen LogP contribution < -0.4 is 10.1 Å². The normalized spacial score (nSPS) is 12.2. The first-order chi connectivity index (χ1) is 9.70. The van der Waals surface area contributed by atoms with E-state index in [9.17, 15) is 0 Å². The highest BCUT2D eigenvalue weighted by atomic mass is 16.5. The number of hydrogen-bond acceptors (Lipinski definition) is 3. The lowest BCUT2D eigenvalue weighted by Crippen LogP contribution is -2.22. The van der Waals surface area contributed by atoms with Gasteiger partial charge in [-0.15, -0.1) is 0 Å². The fourth-order valence-electron chi connectivity index (χ4n) is 2.28. The lowest BCUT2D eigenvalue weighted by atomic mass is 10.0. The van der Waals surface area contributed by atoms with Crippen LogP contribution >= 0.6 is 0 Å². The Morgan fingerprint density at radius 3 is 2.85 bits per heavy atom. The lowest BCUT2D eigenvalue weighted by Gasteiger charge is -2.18. The summed E-state index contributed by atoms with van der Waals surface area (Å²) in [5.74, 6) is 0.942. The van der Waals surface area contributed by atoms with Gasteiger partial charge in [-0.2, -0.15) is 0 Å². The zero-order chi connectivity index (χ0) is 14.4. The van der Waals surface area contributed by atoms with Crippen LogP contribution in [0.15, 0.2) is 42.7 Å². The molecule has 1 heterocycles. The van der Waals surface area contributed by atoms with Crippen molar-refractivity contribution < 1.29 is 4.74 Å². The Kier molecular flexibility index (Phi) is 5.13. The van der Waals surface area contributed by atoms with E-state index in [4.69, 9.17) is 4.74 Å². The first kappa shape index (κ1) is 14.5. The van der Waals surface area contributed by atoms with E-state index in [1.54, 1.807) is 13.3 Å². The highest BCUT2D eigenvalue weighted by molar-refractivity contribution is 5.38. The molecule has 1 atom stereocenters. The molecule has 2 aromatic rings. The topological polar surface area (TPSA) is 34.1 Å². The van der Waals surface area contributed by atoms with Gasteiger partial charge in [0.05, 0.1) is 7.11 Å². The molecule has 0 saturated heterocycles. The number of aromatic nitrogens is 1. The maximum atomic E-state index is 5.44. The molecule has 0 aliphatic carbocycles. The Balaban J connectivity index is 1.95. The molecule has 106 valence electrons. The second-order valence-corrected chi connectivity index (χ2v) is 5.03. The Morgan fingerprint density at radius 1 is 1.30 bits per heavy atom. The second-order valence-electron chi connectivity index (χ2n) is 5.03. The molecule has 0 saturated carbocycles. The van der Waals surface area contributed by atoms with Gasteiger partial charge in [-0.05, 0) is 44.5 Å². The fourth-order valence-corrected chi connectivity index (χ4v) is 2.28. The van der Waals surface area contributed by atoms with E-state index in [-0.39, 0.29) is 6.04 Å². The second kappa shape index (κ2) is 7.06. The summed E-state index contributed by atoms with van der Waals surface area (Å²) in [5.41, 5.74) is 3.71. The Labute approximate surface area is 121 Å². The van der Waals surface area contributed by atoms with Crippen molar-refractivity contribution in [3.05, 3.63) is 59.4 Å². The molecule has 0 amide bonds. The number of benzene rings is 1. The van der Waals surface area contributed by atoms with Crippen molar-refractivity contribution in [1.29, 1.82) is 0 Å². The van der Waals surface area contributed by atoms with Crippen molar-refractivity contribution in [1.82, 2.24) is 10.3 Å². The highest BCUT2D eigenvalue weighted by Crippen LogP contribution is 2.25. The molecule has 3 heteroatoms. The monoisotopic (exact) mass is 270 g/mol. The van der Waals surface area contributed by atoms with E-state index in [2.05, 4.69) is 42.3 Å². The van der Waals surface area contributed by atoms with Crippen molar-refractivity contribution >= 4 is 0 Å². The van der Waals surface area contributed by atoms with E-state index in [0.717, 1.165) is 18.7 Å². The zero-order valence-electron chi connectivity index (χ0n) is 12.4. The first-order valence-electron chi connectivity index (χ1n) is 6.97. The SMILES string of the molecule is COc1ccc(C)cc1C(C)NCCc1cccnc1. The van der Waals surface area contributed by atoms with Crippen LogP contribution in [0.1, 0.15) is 29.7 Å². The summed E-state index contributed by atoms with van der Waals surface area (Å²) in [6, 6.07) is 10.6. The van der Waals surface area contributed by atoms with Gasteiger partial charge in [-0.3, -0.25) is 4.98 Å². The average Bonchev–Trinajstić information content (AvgIpc) is 2.48. The van der Waals surface area contributed by atoms with Crippen molar-refractivity contribution in [2.24, 2.45) is 0 Å². The Hall–Kier alpha value is -1.87. The Morgan fingerprint density at radius 2 is 2.15 bits per heavy atom. The summed E-state index contributed by atoms with van der Waals surface area (Å²) in [6.07, 6.45) is 4.70. The fraction of sp³-hybridized carbons (Fsp3) is 0.353. The average molecular weight is 270 g/mol. The van der Waals surface area contributed by atoms with Gasteiger partial charge in [-0.1, -0.05) is 23.8 Å². The van der Waals surface area contributed by atoms with Crippen molar-refractivity contribution in [2.45, 2.75) is 26.3 Å². The summed E-state index contributed by atoms with van der Waals surface area (Å²) in [4.78, 5) is 4.13. The van der Waals surface area contributed by atoms with Gasteiger partial charge in [0.2, 0.25) is 0 Å². The van der Waals surface area contributed by atoms with Gasteiger partial charge in [-0.25, -0.2) is 0 Å². The minimum atomic E-state index is 0.265. The van der Waals surface area contributed by atoms with Crippen LogP contribution in [0.4, 0.5) is 0 Å². The number of pyridine rings is 1. The summed E-state index contributed by atoms with van der Waals surface area (Å²) < 4.78 is 5.44. The van der Waals surface area contributed by atoms with Gasteiger partial charge < -0.3 is 10.1 Å². The summed E-state index contributed by atoms with van der Waals surface area (Å²) in [6.45, 7) is 5.19. The van der Waals surface area contributed by atoms with E-state index in [0.29, 0.717) is 0 Å². The molecule has 0 spiro atoms. The molecular weight excluding hydrogens is 248 g/mol.